The van der Waals surface area contributed by atoms with Gasteiger partial charge in [0.25, 0.3) is 0 Å². The van der Waals surface area contributed by atoms with Gasteiger partial charge in [0.1, 0.15) is 11.5 Å². The number of nitrogens with zero attached hydrogens (tertiary/aromatic N) is 1. The summed E-state index contributed by atoms with van der Waals surface area (Å²) in [5.41, 5.74) is 0.0469. The number of aromatic nitrogens is 1. The molecule has 0 saturated carbocycles. The number of benzene rings is 1. The van der Waals surface area contributed by atoms with E-state index in [0.29, 0.717) is 16.1 Å². The highest BCUT2D eigenvalue weighted by atomic mass is 79.9. The van der Waals surface area contributed by atoms with Crippen molar-refractivity contribution in [2.24, 2.45) is 0 Å². The molecule has 0 radical (unpaired) electrons. The maximum Gasteiger partial charge on any atom is 0.335 e. The molecule has 21 heavy (non-hydrogen) atoms. The zero-order chi connectivity index (χ0) is 15.6. The number of hydrogen-bond donors (Lipinski definition) is 1. The van der Waals surface area contributed by atoms with Crippen LogP contribution in [0.4, 0.5) is 0 Å². The number of carboxylic acids is 1. The smallest absolute Gasteiger partial charge is 0.335 e. The molecule has 1 heterocycles. The molecule has 112 valence electrons. The van der Waals surface area contributed by atoms with Crippen LogP contribution in [-0.2, 0) is 12.0 Å². The molecule has 0 atom stereocenters. The molecular weight excluding hydrogens is 338 g/mol. The molecule has 2 aromatic rings. The van der Waals surface area contributed by atoms with Crippen molar-refractivity contribution in [2.45, 2.75) is 32.8 Å². The maximum absolute atomic E-state index is 11.0. The van der Waals surface area contributed by atoms with E-state index in [0.717, 1.165) is 5.76 Å². The van der Waals surface area contributed by atoms with E-state index in [2.05, 4.69) is 20.9 Å². The van der Waals surface area contributed by atoms with E-state index in [1.165, 1.54) is 12.1 Å². The van der Waals surface area contributed by atoms with Gasteiger partial charge < -0.3 is 14.3 Å². The molecule has 0 saturated heterocycles. The molecule has 1 aromatic heterocycles. The van der Waals surface area contributed by atoms with E-state index in [9.17, 15) is 4.79 Å². The largest absolute Gasteiger partial charge is 0.483 e. The number of hydrogen-bond acceptors (Lipinski definition) is 4. The number of halogens is 1. The minimum atomic E-state index is -1.00. The van der Waals surface area contributed by atoms with Crippen LogP contribution in [0.2, 0.25) is 0 Å². The van der Waals surface area contributed by atoms with Crippen molar-refractivity contribution >= 4 is 21.9 Å². The summed E-state index contributed by atoms with van der Waals surface area (Å²) in [6.07, 6.45) is 1.68. The van der Waals surface area contributed by atoms with Gasteiger partial charge in [-0.25, -0.2) is 9.78 Å². The van der Waals surface area contributed by atoms with Gasteiger partial charge in [-0.1, -0.05) is 20.8 Å². The van der Waals surface area contributed by atoms with Gasteiger partial charge in [0.2, 0.25) is 5.89 Å². The third-order valence-electron chi connectivity index (χ3n) is 2.82. The minimum absolute atomic E-state index is 0.116. The van der Waals surface area contributed by atoms with Crippen LogP contribution >= 0.6 is 15.9 Å². The fraction of sp³-hybridized carbons (Fsp3) is 0.333. The number of rotatable bonds is 4. The molecule has 0 amide bonds. The predicted molar refractivity (Wildman–Crippen MR) is 80.6 cm³/mol. The molecule has 0 bridgehead atoms. The Bertz CT molecular complexity index is 658. The van der Waals surface area contributed by atoms with Crippen LogP contribution in [0.15, 0.2) is 33.3 Å². The first kappa shape index (κ1) is 15.6. The molecule has 0 aliphatic carbocycles. The Hall–Kier alpha value is -1.82. The molecule has 1 aromatic carbocycles. The Balaban J connectivity index is 2.11. The van der Waals surface area contributed by atoms with Gasteiger partial charge in [0.15, 0.2) is 6.61 Å². The Morgan fingerprint density at radius 3 is 2.71 bits per heavy atom. The quantitative estimate of drug-likeness (QED) is 0.898. The van der Waals surface area contributed by atoms with Crippen LogP contribution in [0.5, 0.6) is 5.75 Å². The summed E-state index contributed by atoms with van der Waals surface area (Å²) in [5, 5.41) is 8.98. The Labute approximate surface area is 131 Å². The molecule has 5 nitrogen and oxygen atoms in total. The second kappa shape index (κ2) is 5.89. The number of ether oxygens (including phenoxy) is 1. The van der Waals surface area contributed by atoms with E-state index in [-0.39, 0.29) is 17.6 Å². The molecule has 1 N–H and O–H groups in total. The monoisotopic (exact) mass is 353 g/mol. The summed E-state index contributed by atoms with van der Waals surface area (Å²) in [7, 11) is 0. The lowest BCUT2D eigenvalue weighted by atomic mass is 9.94. The lowest BCUT2D eigenvalue weighted by Crippen LogP contribution is -2.09. The Morgan fingerprint density at radius 2 is 2.14 bits per heavy atom. The topological polar surface area (TPSA) is 72.6 Å². The van der Waals surface area contributed by atoms with E-state index in [4.69, 9.17) is 14.3 Å². The molecule has 0 aliphatic rings. The van der Waals surface area contributed by atoms with Crippen LogP contribution in [-0.4, -0.2) is 16.1 Å². The van der Waals surface area contributed by atoms with Gasteiger partial charge in [-0.2, -0.15) is 0 Å². The third kappa shape index (κ3) is 3.85. The van der Waals surface area contributed by atoms with Crippen LogP contribution in [0.1, 0.15) is 42.8 Å². The molecule has 0 unspecified atom stereocenters. The number of carboxylic acid groups (broad SMARTS) is 1. The zero-order valence-corrected chi connectivity index (χ0v) is 13.6. The first-order valence-electron chi connectivity index (χ1n) is 6.38. The predicted octanol–water partition coefficient (Wildman–Crippen LogP) is 4.01. The Morgan fingerprint density at radius 1 is 1.43 bits per heavy atom. The van der Waals surface area contributed by atoms with Crippen molar-refractivity contribution in [3.05, 3.63) is 46.1 Å². The van der Waals surface area contributed by atoms with E-state index in [1.807, 2.05) is 20.8 Å². The van der Waals surface area contributed by atoms with E-state index >= 15 is 0 Å². The summed E-state index contributed by atoms with van der Waals surface area (Å²) in [6.45, 7) is 6.24. The molecule has 6 heteroatoms. The number of aromatic carboxylic acids is 1. The van der Waals surface area contributed by atoms with Gasteiger partial charge in [0, 0.05) is 5.41 Å². The average molecular weight is 354 g/mol. The van der Waals surface area contributed by atoms with Crippen LogP contribution < -0.4 is 4.74 Å². The standard InChI is InChI=1S/C15H16BrNO4/c1-15(2,3)12-7-17-13(21-12)8-20-11-6-9(14(18)19)4-5-10(11)16/h4-7H,8H2,1-3H3,(H,18,19). The van der Waals surface area contributed by atoms with Gasteiger partial charge in [-0.15, -0.1) is 0 Å². The van der Waals surface area contributed by atoms with Gasteiger partial charge in [-0.3, -0.25) is 0 Å². The highest BCUT2D eigenvalue weighted by Gasteiger charge is 2.19. The minimum Gasteiger partial charge on any atom is -0.483 e. The van der Waals surface area contributed by atoms with E-state index < -0.39 is 5.97 Å². The summed E-state index contributed by atoms with van der Waals surface area (Å²) < 4.78 is 11.9. The Kier molecular flexibility index (Phi) is 4.37. The van der Waals surface area contributed by atoms with Crippen molar-refractivity contribution in [3.63, 3.8) is 0 Å². The summed E-state index contributed by atoms with van der Waals surface area (Å²) in [6, 6.07) is 4.59. The van der Waals surface area contributed by atoms with Crippen LogP contribution in [0.3, 0.4) is 0 Å². The van der Waals surface area contributed by atoms with Crippen LogP contribution in [0, 0.1) is 0 Å². The number of oxazole rings is 1. The van der Waals surface area contributed by atoms with Gasteiger partial charge in [0.05, 0.1) is 16.2 Å². The fourth-order valence-electron chi connectivity index (χ4n) is 1.61. The molecule has 0 fully saturated rings. The normalized spacial score (nSPS) is 11.4. The van der Waals surface area contributed by atoms with Crippen LogP contribution in [0.25, 0.3) is 0 Å². The molecule has 0 spiro atoms. The summed E-state index contributed by atoms with van der Waals surface area (Å²) in [4.78, 5) is 15.1. The fourth-order valence-corrected chi connectivity index (χ4v) is 1.97. The third-order valence-corrected chi connectivity index (χ3v) is 3.48. The van der Waals surface area contributed by atoms with Crippen molar-refractivity contribution in [1.29, 1.82) is 0 Å². The van der Waals surface area contributed by atoms with Crippen molar-refractivity contribution < 1.29 is 19.1 Å². The van der Waals surface area contributed by atoms with Crippen molar-refractivity contribution in [1.82, 2.24) is 4.98 Å². The molecule has 2 rings (SSSR count). The number of carbonyl (C=O) groups is 1. The first-order valence-corrected chi connectivity index (χ1v) is 7.17. The summed E-state index contributed by atoms with van der Waals surface area (Å²) >= 11 is 3.32. The van der Waals surface area contributed by atoms with Crippen molar-refractivity contribution in [3.8, 4) is 5.75 Å². The first-order chi connectivity index (χ1) is 9.77. The SMILES string of the molecule is CC(C)(C)c1cnc(COc2cc(C(=O)O)ccc2Br)o1. The van der Waals surface area contributed by atoms with Gasteiger partial charge in [-0.05, 0) is 34.1 Å². The second-order valence-electron chi connectivity index (χ2n) is 5.61. The molecular formula is C15H16BrNO4. The highest BCUT2D eigenvalue weighted by Crippen LogP contribution is 2.28. The maximum atomic E-state index is 11.0. The lowest BCUT2D eigenvalue weighted by Gasteiger charge is -2.13. The summed E-state index contributed by atoms with van der Waals surface area (Å²) in [5.74, 6) is 0.663. The highest BCUT2D eigenvalue weighted by molar-refractivity contribution is 9.10. The lowest BCUT2D eigenvalue weighted by molar-refractivity contribution is 0.0696. The average Bonchev–Trinajstić information content (AvgIpc) is 2.86. The second-order valence-corrected chi connectivity index (χ2v) is 6.46. The van der Waals surface area contributed by atoms with Crippen molar-refractivity contribution in [2.75, 3.05) is 0 Å². The van der Waals surface area contributed by atoms with E-state index in [1.54, 1.807) is 12.3 Å². The zero-order valence-electron chi connectivity index (χ0n) is 12.0. The molecule has 0 aliphatic heterocycles. The van der Waals surface area contributed by atoms with Gasteiger partial charge >= 0.3 is 5.97 Å².